The lowest BCUT2D eigenvalue weighted by molar-refractivity contribution is 0.448. The Kier molecular flexibility index (Phi) is 2.25. The van der Waals surface area contributed by atoms with E-state index in [4.69, 9.17) is 0 Å². The number of nitrogens with zero attached hydrogens (tertiary/aromatic N) is 1. The molecule has 2 rings (SSSR count). The van der Waals surface area contributed by atoms with Crippen LogP contribution in [0.5, 0.6) is 0 Å². The van der Waals surface area contributed by atoms with Crippen LogP contribution in [0.25, 0.3) is 0 Å². The van der Waals surface area contributed by atoms with Crippen LogP contribution in [0.1, 0.15) is 36.8 Å². The van der Waals surface area contributed by atoms with Crippen LogP contribution in [-0.4, -0.2) is 4.98 Å². The molecule has 0 fully saturated rings. The number of aromatic nitrogens is 1. The molecule has 1 aliphatic rings. The lowest BCUT2D eigenvalue weighted by Gasteiger charge is -2.22. The number of halogens is 1. The largest absolute Gasteiger partial charge is 0.234 e. The van der Waals surface area contributed by atoms with E-state index in [1.54, 1.807) is 11.3 Å². The van der Waals surface area contributed by atoms with Crippen molar-refractivity contribution in [3.63, 3.8) is 0 Å². The van der Waals surface area contributed by atoms with Gasteiger partial charge in [0.25, 0.3) is 0 Å². The summed E-state index contributed by atoms with van der Waals surface area (Å²) in [6, 6.07) is 0. The van der Waals surface area contributed by atoms with Crippen molar-refractivity contribution in [2.75, 3.05) is 0 Å². The van der Waals surface area contributed by atoms with Crippen molar-refractivity contribution < 1.29 is 0 Å². The van der Waals surface area contributed by atoms with Gasteiger partial charge in [-0.15, -0.1) is 11.3 Å². The highest BCUT2D eigenvalue weighted by molar-refractivity contribution is 9.11. The Balaban J connectivity index is 2.40. The van der Waals surface area contributed by atoms with Gasteiger partial charge in [-0.3, -0.25) is 0 Å². The first-order valence-corrected chi connectivity index (χ1v) is 5.93. The van der Waals surface area contributed by atoms with Gasteiger partial charge in [0.2, 0.25) is 0 Å². The fourth-order valence-corrected chi connectivity index (χ4v) is 3.82. The Morgan fingerprint density at radius 3 is 3.00 bits per heavy atom. The summed E-state index contributed by atoms with van der Waals surface area (Å²) in [5.41, 5.74) is 1.34. The molecule has 1 heterocycles. The second kappa shape index (κ2) is 3.11. The molecular weight excluding hydrogens is 234 g/mol. The van der Waals surface area contributed by atoms with Crippen LogP contribution in [0.3, 0.4) is 0 Å². The van der Waals surface area contributed by atoms with E-state index < -0.39 is 0 Å². The van der Waals surface area contributed by atoms with Gasteiger partial charge in [0, 0.05) is 4.88 Å². The van der Waals surface area contributed by atoms with Crippen molar-refractivity contribution in [1.82, 2.24) is 4.98 Å². The highest BCUT2D eigenvalue weighted by Crippen LogP contribution is 2.38. The Morgan fingerprint density at radius 2 is 2.25 bits per heavy atom. The van der Waals surface area contributed by atoms with E-state index in [1.807, 2.05) is 0 Å². The SMILES string of the molecule is CC1Cc2sc(Br)nc2C(C)C1. The summed E-state index contributed by atoms with van der Waals surface area (Å²) < 4.78 is 1.05. The molecule has 0 spiro atoms. The van der Waals surface area contributed by atoms with E-state index in [9.17, 15) is 0 Å². The third kappa shape index (κ3) is 1.44. The molecule has 12 heavy (non-hydrogen) atoms. The van der Waals surface area contributed by atoms with Crippen LogP contribution in [0, 0.1) is 5.92 Å². The molecule has 0 saturated heterocycles. The average Bonchev–Trinajstić information content (AvgIpc) is 2.29. The highest BCUT2D eigenvalue weighted by atomic mass is 79.9. The second-order valence-corrected chi connectivity index (χ2v) is 6.08. The van der Waals surface area contributed by atoms with Crippen molar-refractivity contribution in [3.05, 3.63) is 14.5 Å². The molecule has 1 aliphatic carbocycles. The predicted octanol–water partition coefficient (Wildman–Crippen LogP) is 3.59. The third-order valence-electron chi connectivity index (χ3n) is 2.46. The standard InChI is InChI=1S/C9H12BrNS/c1-5-3-6(2)8-7(4-5)12-9(10)11-8/h5-6H,3-4H2,1-2H3. The number of thiazole rings is 1. The fraction of sp³-hybridized carbons (Fsp3) is 0.667. The smallest absolute Gasteiger partial charge is 0.159 e. The molecule has 1 nitrogen and oxygen atoms in total. The molecule has 2 unspecified atom stereocenters. The van der Waals surface area contributed by atoms with E-state index in [-0.39, 0.29) is 0 Å². The van der Waals surface area contributed by atoms with Gasteiger partial charge in [-0.25, -0.2) is 4.98 Å². The maximum atomic E-state index is 4.50. The van der Waals surface area contributed by atoms with Crippen molar-refractivity contribution in [3.8, 4) is 0 Å². The molecule has 0 bridgehead atoms. The topological polar surface area (TPSA) is 12.9 Å². The van der Waals surface area contributed by atoms with E-state index in [0.717, 1.165) is 9.83 Å². The summed E-state index contributed by atoms with van der Waals surface area (Å²) in [5.74, 6) is 1.49. The number of hydrogen-bond acceptors (Lipinski definition) is 2. The molecule has 0 aliphatic heterocycles. The summed E-state index contributed by atoms with van der Waals surface area (Å²) >= 11 is 5.25. The summed E-state index contributed by atoms with van der Waals surface area (Å²) in [6.07, 6.45) is 2.52. The maximum Gasteiger partial charge on any atom is 0.159 e. The van der Waals surface area contributed by atoms with Gasteiger partial charge in [-0.05, 0) is 40.6 Å². The van der Waals surface area contributed by atoms with Crippen LogP contribution in [0.15, 0.2) is 3.92 Å². The van der Waals surface area contributed by atoms with Gasteiger partial charge in [0.1, 0.15) is 0 Å². The van der Waals surface area contributed by atoms with Crippen molar-refractivity contribution in [2.45, 2.75) is 32.6 Å². The monoisotopic (exact) mass is 245 g/mol. The first-order valence-electron chi connectivity index (χ1n) is 4.32. The molecule has 0 radical (unpaired) electrons. The van der Waals surface area contributed by atoms with Crippen LogP contribution in [0.4, 0.5) is 0 Å². The van der Waals surface area contributed by atoms with Crippen LogP contribution < -0.4 is 0 Å². The minimum absolute atomic E-state index is 0.659. The predicted molar refractivity (Wildman–Crippen MR) is 55.7 cm³/mol. The molecular formula is C9H12BrNS. The Hall–Kier alpha value is 0.110. The van der Waals surface area contributed by atoms with Crippen molar-refractivity contribution >= 4 is 27.3 Å². The highest BCUT2D eigenvalue weighted by Gasteiger charge is 2.24. The van der Waals surface area contributed by atoms with E-state index >= 15 is 0 Å². The van der Waals surface area contributed by atoms with E-state index in [2.05, 4.69) is 34.8 Å². The zero-order valence-electron chi connectivity index (χ0n) is 7.30. The first-order chi connectivity index (χ1) is 5.66. The molecule has 0 aromatic carbocycles. The number of rotatable bonds is 0. The van der Waals surface area contributed by atoms with Gasteiger partial charge < -0.3 is 0 Å². The van der Waals surface area contributed by atoms with Gasteiger partial charge in [0.05, 0.1) is 5.69 Å². The van der Waals surface area contributed by atoms with Gasteiger partial charge in [-0.2, -0.15) is 0 Å². The zero-order valence-corrected chi connectivity index (χ0v) is 9.70. The lowest BCUT2D eigenvalue weighted by atomic mass is 9.85. The first kappa shape index (κ1) is 8.70. The quantitative estimate of drug-likeness (QED) is 0.681. The van der Waals surface area contributed by atoms with Crippen LogP contribution in [-0.2, 0) is 6.42 Å². The van der Waals surface area contributed by atoms with Gasteiger partial charge in [-0.1, -0.05) is 13.8 Å². The Bertz CT molecular complexity index is 295. The van der Waals surface area contributed by atoms with E-state index in [1.165, 1.54) is 23.4 Å². The van der Waals surface area contributed by atoms with Crippen LogP contribution in [0.2, 0.25) is 0 Å². The lowest BCUT2D eigenvalue weighted by Crippen LogP contribution is -2.13. The number of hydrogen-bond donors (Lipinski definition) is 0. The van der Waals surface area contributed by atoms with Crippen LogP contribution >= 0.6 is 27.3 Å². The normalized spacial score (nSPS) is 28.6. The van der Waals surface area contributed by atoms with Gasteiger partial charge >= 0.3 is 0 Å². The van der Waals surface area contributed by atoms with Crippen molar-refractivity contribution in [2.24, 2.45) is 5.92 Å². The summed E-state index contributed by atoms with van der Waals surface area (Å²) in [6.45, 7) is 4.60. The molecule has 0 N–H and O–H groups in total. The maximum absolute atomic E-state index is 4.50. The molecule has 0 amide bonds. The zero-order chi connectivity index (χ0) is 8.72. The van der Waals surface area contributed by atoms with Gasteiger partial charge in [0.15, 0.2) is 3.92 Å². The fourth-order valence-electron chi connectivity index (χ4n) is 1.98. The Morgan fingerprint density at radius 1 is 1.50 bits per heavy atom. The molecule has 2 atom stereocenters. The molecule has 0 saturated carbocycles. The summed E-state index contributed by atoms with van der Waals surface area (Å²) in [5, 5.41) is 0. The van der Waals surface area contributed by atoms with Crippen molar-refractivity contribution in [1.29, 1.82) is 0 Å². The average molecular weight is 246 g/mol. The molecule has 66 valence electrons. The second-order valence-electron chi connectivity index (χ2n) is 3.72. The summed E-state index contributed by atoms with van der Waals surface area (Å²) in [4.78, 5) is 6.00. The third-order valence-corrected chi connectivity index (χ3v) is 4.00. The minimum Gasteiger partial charge on any atom is -0.234 e. The summed E-state index contributed by atoms with van der Waals surface area (Å²) in [7, 11) is 0. The minimum atomic E-state index is 0.659. The Labute approximate surface area is 85.3 Å². The molecule has 1 aromatic heterocycles. The molecule has 1 aromatic rings. The van der Waals surface area contributed by atoms with E-state index in [0.29, 0.717) is 5.92 Å². The number of fused-ring (bicyclic) bond motifs is 1. The molecule has 3 heteroatoms.